The molecule has 2 aromatic carbocycles. The number of carbonyl (C=O) groups is 4. The van der Waals surface area contributed by atoms with Crippen LogP contribution in [-0.2, 0) is 39.4 Å². The predicted octanol–water partition coefficient (Wildman–Crippen LogP) is 4.81. The van der Waals surface area contributed by atoms with Crippen LogP contribution < -0.4 is 16.1 Å². The fraction of sp³-hybridized carbons (Fsp3) is 0.314. The highest BCUT2D eigenvalue weighted by Gasteiger charge is 2.27. The van der Waals surface area contributed by atoms with Gasteiger partial charge in [0.2, 0.25) is 5.91 Å². The van der Waals surface area contributed by atoms with E-state index in [9.17, 15) is 19.2 Å². The van der Waals surface area contributed by atoms with Crippen LogP contribution in [0.5, 0.6) is 0 Å². The number of urea groups is 1. The molecule has 0 aliphatic heterocycles. The summed E-state index contributed by atoms with van der Waals surface area (Å²) >= 11 is 1.38. The Bertz CT molecular complexity index is 1680. The van der Waals surface area contributed by atoms with E-state index in [1.54, 1.807) is 27.0 Å². The summed E-state index contributed by atoms with van der Waals surface area (Å²) in [7, 11) is 1.28. The maximum absolute atomic E-state index is 13.7. The molecule has 0 radical (unpaired) electrons. The number of amides is 4. The van der Waals surface area contributed by atoms with E-state index in [0.29, 0.717) is 16.6 Å². The van der Waals surface area contributed by atoms with Crippen LogP contribution in [0.1, 0.15) is 53.8 Å². The van der Waals surface area contributed by atoms with Gasteiger partial charge in [0.1, 0.15) is 11.6 Å². The van der Waals surface area contributed by atoms with E-state index < -0.39 is 35.6 Å². The minimum absolute atomic E-state index is 0.0163. The molecule has 0 spiro atoms. The lowest BCUT2D eigenvalue weighted by Crippen LogP contribution is -2.56. The number of ether oxygens (including phenoxy) is 2. The molecule has 4 N–H and O–H groups in total. The smallest absolute Gasteiger partial charge is 0.426 e. The van der Waals surface area contributed by atoms with E-state index in [0.717, 1.165) is 21.8 Å². The Morgan fingerprint density at radius 1 is 0.939 bits per heavy atom. The van der Waals surface area contributed by atoms with Crippen LogP contribution in [-0.4, -0.2) is 69.3 Å². The van der Waals surface area contributed by atoms with Crippen molar-refractivity contribution in [3.63, 3.8) is 0 Å². The lowest BCUT2D eigenvalue weighted by atomic mass is 10.1. The topological polar surface area (TPSA) is 168 Å². The highest BCUT2D eigenvalue weighted by atomic mass is 32.2. The zero-order valence-corrected chi connectivity index (χ0v) is 28.7. The summed E-state index contributed by atoms with van der Waals surface area (Å²) in [6, 6.07) is 22.2. The molecule has 4 aromatic rings. The number of nitrogens with zero attached hydrogens (tertiary/aromatic N) is 3. The van der Waals surface area contributed by atoms with Crippen molar-refractivity contribution >= 4 is 35.8 Å². The molecule has 0 bridgehead atoms. The number of pyridine rings is 1. The molecule has 0 fully saturated rings. The number of methoxy groups -OCH3 is 1. The Morgan fingerprint density at radius 2 is 1.61 bits per heavy atom. The summed E-state index contributed by atoms with van der Waals surface area (Å²) in [4.78, 5) is 64.3. The summed E-state index contributed by atoms with van der Waals surface area (Å²) < 4.78 is 10.3. The molecule has 258 valence electrons. The minimum atomic E-state index is -1.01. The zero-order chi connectivity index (χ0) is 35.2. The van der Waals surface area contributed by atoms with Gasteiger partial charge < -0.3 is 25.1 Å². The van der Waals surface area contributed by atoms with E-state index in [2.05, 4.69) is 31.0 Å². The lowest BCUT2D eigenvalue weighted by Gasteiger charge is -2.28. The first kappa shape index (κ1) is 36.5. The van der Waals surface area contributed by atoms with Crippen molar-refractivity contribution in [3.8, 4) is 0 Å². The number of aromatic amines is 1. The lowest BCUT2D eigenvalue weighted by molar-refractivity contribution is -0.122. The summed E-state index contributed by atoms with van der Waals surface area (Å²) in [5.74, 6) is -0.527. The van der Waals surface area contributed by atoms with Gasteiger partial charge in [-0.2, -0.15) is 0 Å². The molecule has 0 saturated carbocycles. The van der Waals surface area contributed by atoms with E-state index in [-0.39, 0.29) is 31.6 Å². The molecular formula is C35H41N7O6S. The van der Waals surface area contributed by atoms with E-state index in [1.807, 2.05) is 78.9 Å². The Morgan fingerprint density at radius 3 is 2.24 bits per heavy atom. The molecule has 49 heavy (non-hydrogen) atoms. The Hall–Kier alpha value is -5.37. The molecular weight excluding hydrogens is 646 g/mol. The van der Waals surface area contributed by atoms with Crippen LogP contribution in [0.2, 0.25) is 0 Å². The average Bonchev–Trinajstić information content (AvgIpc) is 3.49. The van der Waals surface area contributed by atoms with Gasteiger partial charge in [0.05, 0.1) is 25.0 Å². The standard InChI is InChI=1S/C35H41N7O6S/c1-35(2,3)48-34(46)41-42(22-25-15-9-6-10-16-25)33(45)39-28(21-24-13-7-5-8-14-24)30(43)37-20-18-27-29(31(44)47-4)40-32(38-27)49-23-26-17-11-12-19-36-26/h5-17,19,28H,18,20-23H2,1-4H3,(H,37,43)(H,38,40)(H,39,45)(H,41,46)/t28-/m0/s1. The third-order valence-electron chi connectivity index (χ3n) is 6.84. The van der Waals surface area contributed by atoms with Gasteiger partial charge in [0.25, 0.3) is 0 Å². The molecule has 0 aliphatic rings. The molecule has 2 heterocycles. The number of imidazole rings is 1. The van der Waals surface area contributed by atoms with Crippen molar-refractivity contribution in [1.29, 1.82) is 0 Å². The number of hydrogen-bond donors (Lipinski definition) is 4. The van der Waals surface area contributed by atoms with Crippen molar-refractivity contribution in [2.75, 3.05) is 13.7 Å². The van der Waals surface area contributed by atoms with Crippen molar-refractivity contribution in [3.05, 3.63) is 113 Å². The van der Waals surface area contributed by atoms with Gasteiger partial charge in [-0.15, -0.1) is 0 Å². The first-order valence-corrected chi connectivity index (χ1v) is 16.6. The number of hydrazine groups is 1. The summed E-state index contributed by atoms with van der Waals surface area (Å²) in [6.07, 6.45) is 1.30. The fourth-order valence-electron chi connectivity index (χ4n) is 4.58. The highest BCUT2D eigenvalue weighted by Crippen LogP contribution is 2.21. The second-order valence-electron chi connectivity index (χ2n) is 11.9. The highest BCUT2D eigenvalue weighted by molar-refractivity contribution is 7.98. The van der Waals surface area contributed by atoms with Gasteiger partial charge in [0, 0.05) is 31.3 Å². The van der Waals surface area contributed by atoms with E-state index in [1.165, 1.54) is 18.9 Å². The van der Waals surface area contributed by atoms with Gasteiger partial charge in [-0.3, -0.25) is 9.78 Å². The van der Waals surface area contributed by atoms with Crippen LogP contribution >= 0.6 is 11.8 Å². The second kappa shape index (κ2) is 17.7. The fourth-order valence-corrected chi connectivity index (χ4v) is 5.39. The monoisotopic (exact) mass is 687 g/mol. The third kappa shape index (κ3) is 12.0. The molecule has 2 aromatic heterocycles. The van der Waals surface area contributed by atoms with Crippen LogP contribution in [0.25, 0.3) is 0 Å². The van der Waals surface area contributed by atoms with Crippen LogP contribution in [0.15, 0.2) is 90.2 Å². The molecule has 13 nitrogen and oxygen atoms in total. The summed E-state index contributed by atoms with van der Waals surface area (Å²) in [6.45, 7) is 5.29. The molecule has 0 aliphatic carbocycles. The molecule has 14 heteroatoms. The number of nitrogens with one attached hydrogen (secondary N) is 4. The number of aromatic nitrogens is 3. The number of carbonyl (C=O) groups excluding carboxylic acids is 4. The number of esters is 1. The first-order chi connectivity index (χ1) is 23.5. The van der Waals surface area contributed by atoms with Crippen molar-refractivity contribution in [2.45, 2.75) is 62.7 Å². The molecule has 0 unspecified atom stereocenters. The normalized spacial score (nSPS) is 11.6. The maximum atomic E-state index is 13.7. The quantitative estimate of drug-likeness (QED) is 0.0877. The van der Waals surface area contributed by atoms with Crippen LogP contribution in [0.4, 0.5) is 9.59 Å². The SMILES string of the molecule is COC(=O)c1nc(SCc2ccccn2)[nH]c1CCNC(=O)[C@H](Cc1ccccc1)NC(=O)N(Cc1ccccc1)NC(=O)OC(C)(C)C. The largest absolute Gasteiger partial charge is 0.464 e. The molecule has 0 saturated heterocycles. The minimum Gasteiger partial charge on any atom is -0.464 e. The third-order valence-corrected chi connectivity index (χ3v) is 7.75. The first-order valence-electron chi connectivity index (χ1n) is 15.6. The number of thioether (sulfide) groups is 1. The zero-order valence-electron chi connectivity index (χ0n) is 27.9. The summed E-state index contributed by atoms with van der Waals surface area (Å²) in [5.41, 5.74) is 4.75. The van der Waals surface area contributed by atoms with Gasteiger partial charge in [-0.05, 0) is 44.0 Å². The number of rotatable bonds is 13. The van der Waals surface area contributed by atoms with E-state index in [4.69, 9.17) is 9.47 Å². The van der Waals surface area contributed by atoms with Crippen LogP contribution in [0.3, 0.4) is 0 Å². The molecule has 4 amide bonds. The predicted molar refractivity (Wildman–Crippen MR) is 184 cm³/mol. The van der Waals surface area contributed by atoms with Crippen LogP contribution in [0, 0.1) is 0 Å². The van der Waals surface area contributed by atoms with Gasteiger partial charge >= 0.3 is 18.1 Å². The van der Waals surface area contributed by atoms with Gasteiger partial charge in [0.15, 0.2) is 10.9 Å². The Kier molecular flexibility index (Phi) is 13.2. The summed E-state index contributed by atoms with van der Waals surface area (Å²) in [5, 5.41) is 7.23. The van der Waals surface area contributed by atoms with Crippen molar-refractivity contribution < 1.29 is 28.7 Å². The maximum Gasteiger partial charge on any atom is 0.426 e. The Labute approximate surface area is 289 Å². The average molecular weight is 688 g/mol. The van der Waals surface area contributed by atoms with E-state index >= 15 is 0 Å². The number of H-pyrrole nitrogens is 1. The number of hydrogen-bond acceptors (Lipinski definition) is 9. The molecule has 4 rings (SSSR count). The molecule has 1 atom stereocenters. The van der Waals surface area contributed by atoms with Gasteiger partial charge in [-0.1, -0.05) is 78.5 Å². The second-order valence-corrected chi connectivity index (χ2v) is 12.9. The number of benzene rings is 2. The Balaban J connectivity index is 1.46. The van der Waals surface area contributed by atoms with Gasteiger partial charge in [-0.25, -0.2) is 29.8 Å². The van der Waals surface area contributed by atoms with Crippen molar-refractivity contribution in [2.24, 2.45) is 0 Å². The van der Waals surface area contributed by atoms with Crippen molar-refractivity contribution in [1.82, 2.24) is 36.0 Å².